The van der Waals surface area contributed by atoms with Crippen LogP contribution in [0.15, 0.2) is 18.3 Å². The summed E-state index contributed by atoms with van der Waals surface area (Å²) in [6.07, 6.45) is 9.18. The lowest BCUT2D eigenvalue weighted by atomic mass is 9.53. The number of anilines is 2. The van der Waals surface area contributed by atoms with Crippen molar-refractivity contribution < 1.29 is 4.79 Å². The third-order valence-electron chi connectivity index (χ3n) is 5.49. The fraction of sp³-hybridized carbons (Fsp3) is 0.625. The number of rotatable bonds is 2. The van der Waals surface area contributed by atoms with Gasteiger partial charge in [0.15, 0.2) is 5.82 Å². The molecule has 4 fully saturated rings. The van der Waals surface area contributed by atoms with Crippen LogP contribution in [0.4, 0.5) is 16.3 Å². The highest BCUT2D eigenvalue weighted by atomic mass is 16.2. The predicted octanol–water partition coefficient (Wildman–Crippen LogP) is 2.75. The number of nitrogens with two attached hydrogens (primary N) is 1. The van der Waals surface area contributed by atoms with E-state index in [0.29, 0.717) is 11.5 Å². The van der Waals surface area contributed by atoms with E-state index in [1.807, 2.05) is 0 Å². The lowest BCUT2D eigenvalue weighted by Crippen LogP contribution is -2.60. The molecule has 0 radical (unpaired) electrons. The van der Waals surface area contributed by atoms with Crippen LogP contribution in [0.5, 0.6) is 0 Å². The number of aromatic nitrogens is 1. The highest BCUT2D eigenvalue weighted by Crippen LogP contribution is 2.55. The molecule has 0 aromatic carbocycles. The van der Waals surface area contributed by atoms with E-state index < -0.39 is 0 Å². The molecule has 0 spiro atoms. The zero-order valence-corrected chi connectivity index (χ0v) is 12.1. The summed E-state index contributed by atoms with van der Waals surface area (Å²) in [4.78, 5) is 16.4. The first-order valence-electron chi connectivity index (χ1n) is 7.91. The Morgan fingerprint density at radius 1 is 1.19 bits per heavy atom. The molecule has 21 heavy (non-hydrogen) atoms. The van der Waals surface area contributed by atoms with Gasteiger partial charge in [0.2, 0.25) is 0 Å². The van der Waals surface area contributed by atoms with Gasteiger partial charge in [-0.05, 0) is 68.4 Å². The van der Waals surface area contributed by atoms with Gasteiger partial charge in [-0.3, -0.25) is 5.32 Å². The second-order valence-corrected chi connectivity index (χ2v) is 7.22. The molecule has 0 atom stereocenters. The van der Waals surface area contributed by atoms with Gasteiger partial charge in [-0.2, -0.15) is 0 Å². The Labute approximate surface area is 124 Å². The molecule has 5 heteroatoms. The summed E-state index contributed by atoms with van der Waals surface area (Å²) < 4.78 is 0. The van der Waals surface area contributed by atoms with E-state index in [9.17, 15) is 4.79 Å². The Kier molecular flexibility index (Phi) is 2.84. The molecule has 4 bridgehead atoms. The van der Waals surface area contributed by atoms with Crippen LogP contribution in [0, 0.1) is 17.8 Å². The zero-order valence-electron chi connectivity index (χ0n) is 12.1. The quantitative estimate of drug-likeness (QED) is 0.782. The lowest BCUT2D eigenvalue weighted by Gasteiger charge is -2.56. The molecular weight excluding hydrogens is 264 g/mol. The van der Waals surface area contributed by atoms with Gasteiger partial charge in [0.05, 0.1) is 5.69 Å². The summed E-state index contributed by atoms with van der Waals surface area (Å²) in [6.45, 7) is 0. The van der Waals surface area contributed by atoms with Crippen molar-refractivity contribution in [3.63, 3.8) is 0 Å². The van der Waals surface area contributed by atoms with Crippen molar-refractivity contribution >= 4 is 17.5 Å². The van der Waals surface area contributed by atoms with Crippen LogP contribution in [0.1, 0.15) is 38.5 Å². The van der Waals surface area contributed by atoms with E-state index >= 15 is 0 Å². The van der Waals surface area contributed by atoms with Crippen LogP contribution in [0.2, 0.25) is 0 Å². The van der Waals surface area contributed by atoms with E-state index in [1.54, 1.807) is 18.3 Å². The number of nitrogens with zero attached hydrogens (tertiary/aromatic N) is 1. The number of amides is 2. The van der Waals surface area contributed by atoms with Crippen molar-refractivity contribution in [3.05, 3.63) is 18.3 Å². The number of carbonyl (C=O) groups excluding carboxylic acids is 1. The van der Waals surface area contributed by atoms with E-state index in [4.69, 9.17) is 5.73 Å². The summed E-state index contributed by atoms with van der Waals surface area (Å²) in [6, 6.07) is 3.34. The van der Waals surface area contributed by atoms with E-state index in [-0.39, 0.29) is 11.6 Å². The fourth-order valence-corrected chi connectivity index (χ4v) is 5.17. The fourth-order valence-electron chi connectivity index (χ4n) is 5.17. The molecule has 4 aliphatic rings. The van der Waals surface area contributed by atoms with Gasteiger partial charge >= 0.3 is 6.03 Å². The number of carbonyl (C=O) groups is 1. The van der Waals surface area contributed by atoms with Crippen LogP contribution >= 0.6 is 0 Å². The lowest BCUT2D eigenvalue weighted by molar-refractivity contribution is -0.0127. The van der Waals surface area contributed by atoms with Crippen molar-refractivity contribution in [1.82, 2.24) is 10.3 Å². The monoisotopic (exact) mass is 286 g/mol. The second-order valence-electron chi connectivity index (χ2n) is 7.22. The normalized spacial score (nSPS) is 36.5. The Morgan fingerprint density at radius 2 is 1.81 bits per heavy atom. The Balaban J connectivity index is 1.46. The number of hydrogen-bond donors (Lipinski definition) is 3. The molecule has 4 aliphatic carbocycles. The highest BCUT2D eigenvalue weighted by Gasteiger charge is 2.51. The maximum Gasteiger partial charge on any atom is 0.320 e. The Morgan fingerprint density at radius 3 is 2.38 bits per heavy atom. The number of urea groups is 1. The average Bonchev–Trinajstić information content (AvgIpc) is 2.39. The van der Waals surface area contributed by atoms with Gasteiger partial charge in [-0.1, -0.05) is 0 Å². The van der Waals surface area contributed by atoms with Crippen molar-refractivity contribution in [3.8, 4) is 0 Å². The van der Waals surface area contributed by atoms with Gasteiger partial charge in [0.1, 0.15) is 0 Å². The van der Waals surface area contributed by atoms with Crippen LogP contribution in [0.25, 0.3) is 0 Å². The third kappa shape index (κ3) is 2.34. The van der Waals surface area contributed by atoms with E-state index in [1.165, 1.54) is 19.3 Å². The van der Waals surface area contributed by atoms with Crippen molar-refractivity contribution in [2.45, 2.75) is 44.1 Å². The summed E-state index contributed by atoms with van der Waals surface area (Å²) in [5, 5.41) is 6.05. The smallest absolute Gasteiger partial charge is 0.320 e. The zero-order chi connectivity index (χ0) is 14.4. The topological polar surface area (TPSA) is 80.0 Å². The number of nitrogen functional groups attached to an aromatic ring is 1. The van der Waals surface area contributed by atoms with Gasteiger partial charge in [-0.15, -0.1) is 0 Å². The molecule has 4 N–H and O–H groups in total. The molecule has 4 saturated carbocycles. The molecule has 5 rings (SSSR count). The molecule has 1 heterocycles. The molecule has 0 aliphatic heterocycles. The molecule has 112 valence electrons. The first kappa shape index (κ1) is 12.9. The van der Waals surface area contributed by atoms with Crippen LogP contribution < -0.4 is 16.4 Å². The summed E-state index contributed by atoms with van der Waals surface area (Å²) in [7, 11) is 0. The number of nitrogens with one attached hydrogen (secondary N) is 2. The first-order valence-corrected chi connectivity index (χ1v) is 7.91. The molecule has 0 unspecified atom stereocenters. The molecule has 2 amide bonds. The van der Waals surface area contributed by atoms with Gasteiger partial charge in [0, 0.05) is 11.7 Å². The number of hydrogen-bond acceptors (Lipinski definition) is 3. The maximum atomic E-state index is 12.3. The highest BCUT2D eigenvalue weighted by molar-refractivity contribution is 5.91. The summed E-state index contributed by atoms with van der Waals surface area (Å²) in [5.74, 6) is 2.89. The van der Waals surface area contributed by atoms with Crippen molar-refractivity contribution in [2.24, 2.45) is 17.8 Å². The third-order valence-corrected chi connectivity index (χ3v) is 5.49. The van der Waals surface area contributed by atoms with Gasteiger partial charge in [0.25, 0.3) is 0 Å². The van der Waals surface area contributed by atoms with E-state index in [2.05, 4.69) is 15.6 Å². The minimum atomic E-state index is -0.164. The van der Waals surface area contributed by atoms with Crippen LogP contribution in [-0.2, 0) is 0 Å². The predicted molar refractivity (Wildman–Crippen MR) is 81.7 cm³/mol. The Bertz CT molecular complexity index is 536. The van der Waals surface area contributed by atoms with E-state index in [0.717, 1.165) is 37.0 Å². The van der Waals surface area contributed by atoms with Crippen molar-refractivity contribution in [2.75, 3.05) is 11.1 Å². The number of pyridine rings is 1. The van der Waals surface area contributed by atoms with Crippen molar-refractivity contribution in [1.29, 1.82) is 0 Å². The molecular formula is C16H22N4O. The van der Waals surface area contributed by atoms with Crippen LogP contribution in [0.3, 0.4) is 0 Å². The largest absolute Gasteiger partial charge is 0.396 e. The van der Waals surface area contributed by atoms with Crippen LogP contribution in [-0.4, -0.2) is 16.6 Å². The maximum absolute atomic E-state index is 12.3. The minimum absolute atomic E-state index is 0.0162. The molecule has 1 aromatic heterocycles. The SMILES string of the molecule is Nc1cccnc1NC(=O)NC12CC3CC(CC(C3)C1)C2. The molecule has 5 nitrogen and oxygen atoms in total. The minimum Gasteiger partial charge on any atom is -0.396 e. The van der Waals surface area contributed by atoms with Gasteiger partial charge < -0.3 is 11.1 Å². The van der Waals surface area contributed by atoms with Gasteiger partial charge in [-0.25, -0.2) is 9.78 Å². The standard InChI is InChI=1S/C16H22N4O/c17-13-2-1-3-18-14(13)19-15(21)20-16-7-10-4-11(8-16)6-12(5-10)9-16/h1-3,10-12H,4-9,17H2,(H2,18,19,20,21). The molecule has 1 aromatic rings. The summed E-state index contributed by atoms with van der Waals surface area (Å²) in [5.41, 5.74) is 6.34. The first-order chi connectivity index (χ1) is 10.1. The summed E-state index contributed by atoms with van der Waals surface area (Å²) >= 11 is 0. The average molecular weight is 286 g/mol. The second kappa shape index (κ2) is 4.61. The Hall–Kier alpha value is -1.78. The molecule has 0 saturated heterocycles.